The highest BCUT2D eigenvalue weighted by Gasteiger charge is 2.41. The van der Waals surface area contributed by atoms with Crippen LogP contribution in [0.1, 0.15) is 71.8 Å². The van der Waals surface area contributed by atoms with E-state index < -0.39 is 5.97 Å². The fourth-order valence-corrected chi connectivity index (χ4v) is 6.94. The summed E-state index contributed by atoms with van der Waals surface area (Å²) in [4.78, 5) is 17.3. The lowest BCUT2D eigenvalue weighted by atomic mass is 9.74. The fourth-order valence-electron chi connectivity index (χ4n) is 6.01. The van der Waals surface area contributed by atoms with Crippen LogP contribution in [0.3, 0.4) is 0 Å². The Morgan fingerprint density at radius 2 is 1.82 bits per heavy atom. The largest absolute Gasteiger partial charge is 0.478 e. The van der Waals surface area contributed by atoms with Crippen LogP contribution in [-0.4, -0.2) is 16.1 Å². The van der Waals surface area contributed by atoms with Crippen molar-refractivity contribution in [2.75, 3.05) is 0 Å². The molecule has 0 aliphatic heterocycles. The highest BCUT2D eigenvalue weighted by Crippen LogP contribution is 2.46. The molecular weight excluding hydrogens is 490 g/mol. The van der Waals surface area contributed by atoms with E-state index in [1.807, 2.05) is 29.9 Å². The maximum absolute atomic E-state index is 11.7. The number of ether oxygens (including phenoxy) is 1. The van der Waals surface area contributed by atoms with Crippen LogP contribution in [0.2, 0.25) is 0 Å². The quantitative estimate of drug-likeness (QED) is 0.237. The number of carboxylic acids is 1. The SMILES string of the molecule is CCC(OCc1ccc(-c2cccc(C(=O)O)c2)c(-c2ccccc2C)c1)(c1cncs1)C1CCCCC1. The second-order valence-electron chi connectivity index (χ2n) is 10.3. The summed E-state index contributed by atoms with van der Waals surface area (Å²) in [6.07, 6.45) is 9.14. The molecule has 5 rings (SSSR count). The number of carbonyl (C=O) groups is 1. The van der Waals surface area contributed by atoms with E-state index in [1.165, 1.54) is 42.5 Å². The van der Waals surface area contributed by atoms with E-state index in [2.05, 4.69) is 55.2 Å². The number of hydrogen-bond donors (Lipinski definition) is 1. The van der Waals surface area contributed by atoms with Crippen molar-refractivity contribution in [3.8, 4) is 22.3 Å². The maximum Gasteiger partial charge on any atom is 0.335 e. The van der Waals surface area contributed by atoms with Crippen LogP contribution in [0.5, 0.6) is 0 Å². The van der Waals surface area contributed by atoms with Crippen LogP contribution in [0, 0.1) is 12.8 Å². The predicted octanol–water partition coefficient (Wildman–Crippen LogP) is 8.89. The summed E-state index contributed by atoms with van der Waals surface area (Å²) >= 11 is 1.70. The average molecular weight is 526 g/mol. The Balaban J connectivity index is 1.54. The van der Waals surface area contributed by atoms with Gasteiger partial charge in [0.05, 0.1) is 22.6 Å². The number of nitrogens with zero attached hydrogens (tertiary/aromatic N) is 1. The molecule has 196 valence electrons. The van der Waals surface area contributed by atoms with Crippen molar-refractivity contribution in [2.24, 2.45) is 5.92 Å². The molecule has 1 atom stereocenters. The first kappa shape index (κ1) is 26.3. The summed E-state index contributed by atoms with van der Waals surface area (Å²) in [5.74, 6) is -0.424. The van der Waals surface area contributed by atoms with E-state index in [1.54, 1.807) is 23.5 Å². The van der Waals surface area contributed by atoms with Gasteiger partial charge in [0.25, 0.3) is 0 Å². The Labute approximate surface area is 229 Å². The Bertz CT molecular complexity index is 1390. The molecule has 1 aliphatic carbocycles. The fraction of sp³-hybridized carbons (Fsp3) is 0.333. The van der Waals surface area contributed by atoms with E-state index in [9.17, 15) is 9.90 Å². The van der Waals surface area contributed by atoms with Crippen LogP contribution < -0.4 is 0 Å². The summed E-state index contributed by atoms with van der Waals surface area (Å²) in [6, 6.07) is 22.0. The van der Waals surface area contributed by atoms with Crippen LogP contribution in [-0.2, 0) is 16.9 Å². The topological polar surface area (TPSA) is 59.4 Å². The molecule has 4 nitrogen and oxygen atoms in total. The van der Waals surface area contributed by atoms with Crippen molar-refractivity contribution in [1.29, 1.82) is 0 Å². The van der Waals surface area contributed by atoms with E-state index in [4.69, 9.17) is 4.74 Å². The van der Waals surface area contributed by atoms with Crippen molar-refractivity contribution >= 4 is 17.3 Å². The standard InChI is InChI=1S/C33H35NO3S/c1-3-33(31-20-34-22-38-31,27-13-5-4-6-14-27)37-21-24-16-17-29(25-11-9-12-26(19-25)32(35)36)30(18-24)28-15-8-7-10-23(28)2/h7-12,15-20,22,27H,3-6,13-14,21H2,1-2H3,(H,35,36). The number of aryl methyl sites for hydroxylation is 1. The highest BCUT2D eigenvalue weighted by molar-refractivity contribution is 7.09. The third kappa shape index (κ3) is 5.31. The molecule has 0 amide bonds. The second kappa shape index (κ2) is 11.6. The van der Waals surface area contributed by atoms with Crippen molar-refractivity contribution in [3.05, 3.63) is 100 Å². The molecule has 1 heterocycles. The molecule has 4 aromatic rings. The van der Waals surface area contributed by atoms with Gasteiger partial charge in [0.1, 0.15) is 5.60 Å². The van der Waals surface area contributed by atoms with Gasteiger partial charge in [-0.1, -0.05) is 74.7 Å². The molecule has 38 heavy (non-hydrogen) atoms. The molecular formula is C33H35NO3S. The van der Waals surface area contributed by atoms with Gasteiger partial charge in [0.2, 0.25) is 0 Å². The van der Waals surface area contributed by atoms with Gasteiger partial charge in [-0.15, -0.1) is 11.3 Å². The number of thiazole rings is 1. The molecule has 0 saturated heterocycles. The smallest absolute Gasteiger partial charge is 0.335 e. The van der Waals surface area contributed by atoms with Gasteiger partial charge < -0.3 is 9.84 Å². The molecule has 0 radical (unpaired) electrons. The molecule has 1 N–H and O–H groups in total. The van der Waals surface area contributed by atoms with Gasteiger partial charge >= 0.3 is 5.97 Å². The molecule has 1 aromatic heterocycles. The molecule has 1 unspecified atom stereocenters. The van der Waals surface area contributed by atoms with Crippen molar-refractivity contribution < 1.29 is 14.6 Å². The third-order valence-corrected chi connectivity index (χ3v) is 9.01. The van der Waals surface area contributed by atoms with Gasteiger partial charge in [-0.25, -0.2) is 4.79 Å². The summed E-state index contributed by atoms with van der Waals surface area (Å²) in [6.45, 7) is 4.87. The normalized spacial score (nSPS) is 15.7. The zero-order chi connectivity index (χ0) is 26.5. The minimum Gasteiger partial charge on any atom is -0.478 e. The number of carboxylic acid groups (broad SMARTS) is 1. The van der Waals surface area contributed by atoms with Crippen molar-refractivity contribution in [1.82, 2.24) is 4.98 Å². The maximum atomic E-state index is 11.7. The molecule has 0 spiro atoms. The van der Waals surface area contributed by atoms with Gasteiger partial charge in [-0.2, -0.15) is 0 Å². The van der Waals surface area contributed by atoms with Gasteiger partial charge in [-0.05, 0) is 83.7 Å². The van der Waals surface area contributed by atoms with Gasteiger partial charge in [-0.3, -0.25) is 4.98 Å². The number of aromatic carboxylic acids is 1. The summed E-state index contributed by atoms with van der Waals surface area (Å²) < 4.78 is 6.96. The average Bonchev–Trinajstić information content (AvgIpc) is 3.50. The summed E-state index contributed by atoms with van der Waals surface area (Å²) in [7, 11) is 0. The first-order valence-corrected chi connectivity index (χ1v) is 14.5. The highest BCUT2D eigenvalue weighted by atomic mass is 32.1. The first-order valence-electron chi connectivity index (χ1n) is 13.6. The number of hydrogen-bond acceptors (Lipinski definition) is 4. The Morgan fingerprint density at radius 1 is 1.00 bits per heavy atom. The summed E-state index contributed by atoms with van der Waals surface area (Å²) in [5.41, 5.74) is 8.31. The number of rotatable bonds is 9. The zero-order valence-electron chi connectivity index (χ0n) is 22.2. The third-order valence-electron chi connectivity index (χ3n) is 8.08. The first-order chi connectivity index (χ1) is 18.5. The lowest BCUT2D eigenvalue weighted by Crippen LogP contribution is -2.38. The summed E-state index contributed by atoms with van der Waals surface area (Å²) in [5, 5.41) is 9.57. The lowest BCUT2D eigenvalue weighted by Gasteiger charge is -2.41. The molecule has 5 heteroatoms. The van der Waals surface area contributed by atoms with Crippen LogP contribution >= 0.6 is 11.3 Å². The van der Waals surface area contributed by atoms with Crippen molar-refractivity contribution in [2.45, 2.75) is 64.6 Å². The minimum absolute atomic E-state index is 0.287. The molecule has 1 aliphatic rings. The zero-order valence-corrected chi connectivity index (χ0v) is 23.0. The predicted molar refractivity (Wildman–Crippen MR) is 154 cm³/mol. The Kier molecular flexibility index (Phi) is 8.06. The van der Waals surface area contributed by atoms with E-state index in [-0.39, 0.29) is 11.2 Å². The van der Waals surface area contributed by atoms with Gasteiger partial charge in [0.15, 0.2) is 0 Å². The monoisotopic (exact) mass is 525 g/mol. The number of benzene rings is 3. The Hall–Kier alpha value is -3.28. The van der Waals surface area contributed by atoms with E-state index >= 15 is 0 Å². The molecule has 3 aromatic carbocycles. The molecule has 1 fully saturated rings. The number of aromatic nitrogens is 1. The van der Waals surface area contributed by atoms with Crippen LogP contribution in [0.15, 0.2) is 78.4 Å². The van der Waals surface area contributed by atoms with Crippen LogP contribution in [0.4, 0.5) is 0 Å². The molecule has 1 saturated carbocycles. The molecule has 0 bridgehead atoms. The lowest BCUT2D eigenvalue weighted by molar-refractivity contribution is -0.113. The van der Waals surface area contributed by atoms with Crippen LogP contribution in [0.25, 0.3) is 22.3 Å². The van der Waals surface area contributed by atoms with E-state index in [0.29, 0.717) is 12.5 Å². The minimum atomic E-state index is -0.920. The Morgan fingerprint density at radius 3 is 2.53 bits per heavy atom. The second-order valence-corrected chi connectivity index (χ2v) is 11.2. The van der Waals surface area contributed by atoms with Gasteiger partial charge in [0, 0.05) is 6.20 Å². The van der Waals surface area contributed by atoms with E-state index in [0.717, 1.165) is 34.2 Å². The van der Waals surface area contributed by atoms with Crippen molar-refractivity contribution in [3.63, 3.8) is 0 Å².